The van der Waals surface area contributed by atoms with Crippen LogP contribution >= 0.6 is 0 Å². The van der Waals surface area contributed by atoms with Crippen LogP contribution in [0.25, 0.3) is 0 Å². The zero-order valence-corrected chi connectivity index (χ0v) is 13.6. The van der Waals surface area contributed by atoms with Crippen LogP contribution in [0.1, 0.15) is 40.0 Å². The molecule has 1 rings (SSSR count). The Kier molecular flexibility index (Phi) is 6.27. The van der Waals surface area contributed by atoms with Gasteiger partial charge in [-0.3, -0.25) is 0 Å². The molecule has 0 amide bonds. The second kappa shape index (κ2) is 7.00. The molecule has 0 N–H and O–H groups in total. The molecule has 0 aliphatic heterocycles. The van der Waals surface area contributed by atoms with Crippen LogP contribution in [0.2, 0.25) is 0 Å². The van der Waals surface area contributed by atoms with Gasteiger partial charge < -0.3 is 17.7 Å². The highest BCUT2D eigenvalue weighted by atomic mass is 28.4. The van der Waals surface area contributed by atoms with Gasteiger partial charge in [0.25, 0.3) is 0 Å². The van der Waals surface area contributed by atoms with Crippen LogP contribution < -0.4 is 0 Å². The van der Waals surface area contributed by atoms with Crippen molar-refractivity contribution in [2.24, 2.45) is 17.8 Å². The van der Waals surface area contributed by atoms with E-state index in [0.29, 0.717) is 17.8 Å². The molecule has 0 bridgehead atoms. The standard InChI is InChI=1S/C13H28O4Si/c1-10(2)12-8-7-11(3)9-13(12)17-18(14-4,15-5)16-6/h10-13H,7-9H2,1-6H3. The Balaban J connectivity index is 2.76. The Hall–Kier alpha value is 0.0569. The maximum Gasteiger partial charge on any atom is 0.679 e. The Morgan fingerprint density at radius 2 is 1.56 bits per heavy atom. The summed E-state index contributed by atoms with van der Waals surface area (Å²) in [4.78, 5) is 0. The minimum Gasteiger partial charge on any atom is -0.355 e. The van der Waals surface area contributed by atoms with Crippen molar-refractivity contribution in [3.8, 4) is 0 Å². The molecule has 0 heterocycles. The van der Waals surface area contributed by atoms with Crippen LogP contribution in [0.15, 0.2) is 0 Å². The molecule has 18 heavy (non-hydrogen) atoms. The van der Waals surface area contributed by atoms with E-state index in [1.807, 2.05) is 0 Å². The summed E-state index contributed by atoms with van der Waals surface area (Å²) in [7, 11) is 1.86. The lowest BCUT2D eigenvalue weighted by molar-refractivity contribution is -0.0638. The van der Waals surface area contributed by atoms with Gasteiger partial charge in [-0.2, -0.15) is 0 Å². The Morgan fingerprint density at radius 1 is 1.00 bits per heavy atom. The molecule has 0 aromatic rings. The van der Waals surface area contributed by atoms with E-state index in [1.165, 1.54) is 12.8 Å². The van der Waals surface area contributed by atoms with E-state index in [-0.39, 0.29) is 6.10 Å². The summed E-state index contributed by atoms with van der Waals surface area (Å²) >= 11 is 0. The summed E-state index contributed by atoms with van der Waals surface area (Å²) in [6.07, 6.45) is 3.74. The van der Waals surface area contributed by atoms with E-state index in [0.717, 1.165) is 6.42 Å². The fourth-order valence-corrected chi connectivity index (χ4v) is 4.26. The molecule has 4 nitrogen and oxygen atoms in total. The average molecular weight is 276 g/mol. The van der Waals surface area contributed by atoms with Gasteiger partial charge in [0.05, 0.1) is 6.10 Å². The predicted octanol–water partition coefficient (Wildman–Crippen LogP) is 2.84. The predicted molar refractivity (Wildman–Crippen MR) is 73.0 cm³/mol. The summed E-state index contributed by atoms with van der Waals surface area (Å²) in [6, 6.07) is 0. The van der Waals surface area contributed by atoms with Crippen molar-refractivity contribution in [1.29, 1.82) is 0 Å². The molecule has 1 aliphatic rings. The van der Waals surface area contributed by atoms with E-state index in [2.05, 4.69) is 20.8 Å². The van der Waals surface area contributed by atoms with Gasteiger partial charge in [-0.15, -0.1) is 0 Å². The molecule has 1 fully saturated rings. The molecule has 0 aromatic heterocycles. The zero-order chi connectivity index (χ0) is 13.8. The van der Waals surface area contributed by atoms with Gasteiger partial charge in [-0.05, 0) is 30.6 Å². The first-order chi connectivity index (χ1) is 8.48. The third kappa shape index (κ3) is 3.77. The van der Waals surface area contributed by atoms with Gasteiger partial charge in [-0.25, -0.2) is 0 Å². The van der Waals surface area contributed by atoms with Crippen molar-refractivity contribution in [3.05, 3.63) is 0 Å². The number of hydrogen-bond donors (Lipinski definition) is 0. The first-order valence-corrected chi connectivity index (χ1v) is 8.44. The fraction of sp³-hybridized carbons (Fsp3) is 1.00. The van der Waals surface area contributed by atoms with Crippen LogP contribution in [0.3, 0.4) is 0 Å². The van der Waals surface area contributed by atoms with Gasteiger partial charge in [0, 0.05) is 21.3 Å². The second-order valence-corrected chi connectivity index (χ2v) is 8.06. The van der Waals surface area contributed by atoms with Gasteiger partial charge in [0.15, 0.2) is 0 Å². The van der Waals surface area contributed by atoms with Gasteiger partial charge >= 0.3 is 9.05 Å². The van der Waals surface area contributed by atoms with Crippen molar-refractivity contribution in [2.45, 2.75) is 46.1 Å². The van der Waals surface area contributed by atoms with Crippen LogP contribution in [-0.2, 0) is 17.7 Å². The highest BCUT2D eigenvalue weighted by molar-refractivity contribution is 6.53. The summed E-state index contributed by atoms with van der Waals surface area (Å²) in [5, 5.41) is 0. The summed E-state index contributed by atoms with van der Waals surface area (Å²) in [5.74, 6) is 1.87. The molecule has 0 aromatic carbocycles. The smallest absolute Gasteiger partial charge is 0.355 e. The van der Waals surface area contributed by atoms with Crippen LogP contribution in [0, 0.1) is 17.8 Å². The largest absolute Gasteiger partial charge is 0.679 e. The van der Waals surface area contributed by atoms with E-state index < -0.39 is 9.05 Å². The fourth-order valence-electron chi connectivity index (χ4n) is 2.83. The maximum absolute atomic E-state index is 6.14. The molecule has 5 heteroatoms. The first kappa shape index (κ1) is 16.1. The minimum atomic E-state index is -2.92. The molecule has 0 radical (unpaired) electrons. The van der Waals surface area contributed by atoms with E-state index in [1.54, 1.807) is 21.3 Å². The third-order valence-electron chi connectivity index (χ3n) is 4.01. The summed E-state index contributed by atoms with van der Waals surface area (Å²) in [6.45, 7) is 6.79. The molecule has 1 saturated carbocycles. The van der Waals surface area contributed by atoms with Crippen LogP contribution in [0.5, 0.6) is 0 Å². The monoisotopic (exact) mass is 276 g/mol. The lowest BCUT2D eigenvalue weighted by Crippen LogP contribution is -2.52. The van der Waals surface area contributed by atoms with Crippen molar-refractivity contribution >= 4 is 9.05 Å². The van der Waals surface area contributed by atoms with E-state index >= 15 is 0 Å². The Morgan fingerprint density at radius 3 is 2.00 bits per heavy atom. The molecular formula is C13H28O4Si. The number of hydrogen-bond acceptors (Lipinski definition) is 4. The SMILES string of the molecule is CO[Si](OC)(OC)OC1CC(C)CCC1C(C)C. The second-order valence-electron chi connectivity index (χ2n) is 5.59. The third-order valence-corrected chi connectivity index (χ3v) is 6.10. The molecular weight excluding hydrogens is 248 g/mol. The highest BCUT2D eigenvalue weighted by Crippen LogP contribution is 2.36. The Labute approximate surface area is 112 Å². The van der Waals surface area contributed by atoms with Gasteiger partial charge in [-0.1, -0.05) is 27.2 Å². The van der Waals surface area contributed by atoms with E-state index in [9.17, 15) is 0 Å². The average Bonchev–Trinajstić information content (AvgIpc) is 2.36. The molecule has 0 saturated heterocycles. The highest BCUT2D eigenvalue weighted by Gasteiger charge is 2.47. The first-order valence-electron chi connectivity index (χ1n) is 6.81. The van der Waals surface area contributed by atoms with Gasteiger partial charge in [0.1, 0.15) is 0 Å². The van der Waals surface area contributed by atoms with Crippen LogP contribution in [0.4, 0.5) is 0 Å². The molecule has 0 spiro atoms. The van der Waals surface area contributed by atoms with Crippen molar-refractivity contribution in [2.75, 3.05) is 21.3 Å². The maximum atomic E-state index is 6.14. The van der Waals surface area contributed by atoms with Gasteiger partial charge in [0.2, 0.25) is 0 Å². The summed E-state index contributed by atoms with van der Waals surface area (Å²) in [5.41, 5.74) is 0. The molecule has 1 aliphatic carbocycles. The Bertz CT molecular complexity index is 235. The van der Waals surface area contributed by atoms with Crippen molar-refractivity contribution in [1.82, 2.24) is 0 Å². The van der Waals surface area contributed by atoms with Crippen molar-refractivity contribution in [3.63, 3.8) is 0 Å². The lowest BCUT2D eigenvalue weighted by atomic mass is 9.75. The normalized spacial score (nSPS) is 29.8. The summed E-state index contributed by atoms with van der Waals surface area (Å²) < 4.78 is 22.3. The zero-order valence-electron chi connectivity index (χ0n) is 12.6. The van der Waals surface area contributed by atoms with E-state index in [4.69, 9.17) is 17.7 Å². The topological polar surface area (TPSA) is 36.9 Å². The number of rotatable bonds is 6. The quantitative estimate of drug-likeness (QED) is 0.699. The van der Waals surface area contributed by atoms with Crippen molar-refractivity contribution < 1.29 is 17.7 Å². The van der Waals surface area contributed by atoms with Crippen LogP contribution in [-0.4, -0.2) is 36.5 Å². The lowest BCUT2D eigenvalue weighted by Gasteiger charge is -2.40. The molecule has 3 unspecified atom stereocenters. The molecule has 3 atom stereocenters. The molecule has 108 valence electrons. The minimum absolute atomic E-state index is 0.181.